The number of hydrogen-bond donors (Lipinski definition) is 0. The maximum Gasteiger partial charge on any atom is 0.331 e. The van der Waals surface area contributed by atoms with Crippen LogP contribution in [0, 0.1) is 11.8 Å². The van der Waals surface area contributed by atoms with Crippen LogP contribution in [-0.2, 0) is 48.7 Å². The molecule has 0 spiro atoms. The van der Waals surface area contributed by atoms with Crippen LogP contribution in [-0.4, -0.2) is 32.8 Å². The minimum Gasteiger partial charge on any atom is -0.469 e. The summed E-state index contributed by atoms with van der Waals surface area (Å²) in [5.41, 5.74) is 8.72. The van der Waals surface area contributed by atoms with E-state index in [4.69, 9.17) is 14.2 Å². The fourth-order valence-electron chi connectivity index (χ4n) is 7.08. The molecule has 49 heavy (non-hydrogen) atoms. The quantitative estimate of drug-likeness (QED) is 0.126. The number of rotatable bonds is 14. The van der Waals surface area contributed by atoms with Crippen molar-refractivity contribution in [2.75, 3.05) is 20.8 Å². The molecule has 0 N–H and O–H groups in total. The summed E-state index contributed by atoms with van der Waals surface area (Å²) < 4.78 is 16.6. The molecule has 0 fully saturated rings. The molecule has 4 aromatic carbocycles. The molecule has 1 aliphatic carbocycles. The number of carbonyl (C=O) groups excluding carboxylic acids is 2. The van der Waals surface area contributed by atoms with Gasteiger partial charge in [0.1, 0.15) is 12.2 Å². The molecule has 0 saturated carbocycles. The molecule has 1 aliphatic rings. The van der Waals surface area contributed by atoms with Gasteiger partial charge in [-0.25, -0.2) is 4.79 Å². The molecule has 0 amide bonds. The fraction of sp³-hybridized carbons (Fsp3) is 0.364. The van der Waals surface area contributed by atoms with Crippen LogP contribution in [0.3, 0.4) is 0 Å². The summed E-state index contributed by atoms with van der Waals surface area (Å²) in [6, 6.07) is 30.4. The van der Waals surface area contributed by atoms with E-state index in [1.807, 2.05) is 0 Å². The third-order valence-electron chi connectivity index (χ3n) is 9.32. The Kier molecular flexibility index (Phi) is 11.9. The van der Waals surface area contributed by atoms with Gasteiger partial charge in [0, 0.05) is 12.8 Å². The standard InChI is InChI=1S/C44H50O5/c1-30(2)23-37-25-32(18-20-42(45)47-5)17-19-41(37)44(49-29-43(46)48-6)22-21-40(38(28-44)24-31(3)4)36-14-9-11-33(27-36)26-35-15-10-13-34-12-7-8-16-39(34)35/h7-17,19,21-22,25,27,30-31H,18,20,23-24,26,28-29H2,1-6H3. The van der Waals surface area contributed by atoms with E-state index in [0.717, 1.165) is 36.0 Å². The predicted octanol–water partition coefficient (Wildman–Crippen LogP) is 9.58. The van der Waals surface area contributed by atoms with Gasteiger partial charge in [-0.15, -0.1) is 0 Å². The molecule has 5 rings (SSSR count). The van der Waals surface area contributed by atoms with E-state index >= 15 is 0 Å². The molecular weight excluding hydrogens is 608 g/mol. The van der Waals surface area contributed by atoms with E-state index in [1.54, 1.807) is 0 Å². The van der Waals surface area contributed by atoms with E-state index in [-0.39, 0.29) is 12.6 Å². The van der Waals surface area contributed by atoms with Gasteiger partial charge in [-0.1, -0.05) is 124 Å². The van der Waals surface area contributed by atoms with Crippen LogP contribution in [0.15, 0.2) is 103 Å². The van der Waals surface area contributed by atoms with Gasteiger partial charge in [0.05, 0.1) is 14.2 Å². The van der Waals surface area contributed by atoms with Crippen molar-refractivity contribution < 1.29 is 23.8 Å². The molecule has 0 aromatic heterocycles. The summed E-state index contributed by atoms with van der Waals surface area (Å²) in [6.45, 7) is 8.75. The Morgan fingerprint density at radius 1 is 0.755 bits per heavy atom. The molecule has 0 saturated heterocycles. The highest BCUT2D eigenvalue weighted by atomic mass is 16.6. The highest BCUT2D eigenvalue weighted by molar-refractivity contribution is 5.86. The Labute approximate surface area is 292 Å². The zero-order valence-corrected chi connectivity index (χ0v) is 29.9. The molecule has 1 unspecified atom stereocenters. The number of fused-ring (bicyclic) bond motifs is 1. The molecule has 4 aromatic rings. The summed E-state index contributed by atoms with van der Waals surface area (Å²) >= 11 is 0. The van der Waals surface area contributed by atoms with Gasteiger partial charge < -0.3 is 14.2 Å². The van der Waals surface area contributed by atoms with Crippen molar-refractivity contribution in [1.82, 2.24) is 0 Å². The molecule has 0 aliphatic heterocycles. The zero-order chi connectivity index (χ0) is 35.0. The van der Waals surface area contributed by atoms with Gasteiger partial charge in [-0.05, 0) is 93.3 Å². The monoisotopic (exact) mass is 658 g/mol. The van der Waals surface area contributed by atoms with Gasteiger partial charge in [-0.2, -0.15) is 0 Å². The number of benzene rings is 4. The van der Waals surface area contributed by atoms with Crippen molar-refractivity contribution in [3.63, 3.8) is 0 Å². The summed E-state index contributed by atoms with van der Waals surface area (Å²) in [4.78, 5) is 24.4. The van der Waals surface area contributed by atoms with E-state index in [0.29, 0.717) is 31.1 Å². The normalized spacial score (nSPS) is 16.1. The Balaban J connectivity index is 1.55. The van der Waals surface area contributed by atoms with Crippen LogP contribution in [0.25, 0.3) is 16.3 Å². The minimum absolute atomic E-state index is 0.156. The average molecular weight is 659 g/mol. The van der Waals surface area contributed by atoms with Crippen molar-refractivity contribution in [2.24, 2.45) is 11.8 Å². The Morgan fingerprint density at radius 3 is 2.24 bits per heavy atom. The fourth-order valence-corrected chi connectivity index (χ4v) is 7.08. The first-order valence-corrected chi connectivity index (χ1v) is 17.5. The maximum atomic E-state index is 12.5. The van der Waals surface area contributed by atoms with E-state index in [2.05, 4.69) is 125 Å². The molecule has 1 atom stereocenters. The number of carbonyl (C=O) groups is 2. The van der Waals surface area contributed by atoms with Gasteiger partial charge in [0.15, 0.2) is 0 Å². The molecule has 256 valence electrons. The zero-order valence-electron chi connectivity index (χ0n) is 29.9. The summed E-state index contributed by atoms with van der Waals surface area (Å²) in [5.74, 6) is 0.184. The topological polar surface area (TPSA) is 61.8 Å². The second-order valence-electron chi connectivity index (χ2n) is 14.1. The van der Waals surface area contributed by atoms with Crippen LogP contribution in [0.1, 0.15) is 80.3 Å². The first-order chi connectivity index (χ1) is 23.6. The number of ether oxygens (including phenoxy) is 3. The number of aryl methyl sites for hydroxylation is 1. The lowest BCUT2D eigenvalue weighted by Crippen LogP contribution is -2.34. The SMILES string of the molecule is COC(=O)CCc1ccc(C2(OCC(=O)OC)C=CC(c3cccc(Cc4cccc5ccccc45)c3)=C(CC(C)C)C2)c(CC(C)C)c1. The van der Waals surface area contributed by atoms with Crippen molar-refractivity contribution >= 4 is 28.3 Å². The number of methoxy groups -OCH3 is 2. The molecule has 5 nitrogen and oxygen atoms in total. The van der Waals surface area contributed by atoms with Crippen molar-refractivity contribution in [2.45, 2.75) is 71.8 Å². The summed E-state index contributed by atoms with van der Waals surface area (Å²) in [5, 5.41) is 2.54. The number of allylic oxidation sites excluding steroid dienone is 2. The van der Waals surface area contributed by atoms with E-state index < -0.39 is 11.6 Å². The maximum absolute atomic E-state index is 12.5. The number of hydrogen-bond acceptors (Lipinski definition) is 5. The van der Waals surface area contributed by atoms with Crippen LogP contribution >= 0.6 is 0 Å². The molecule has 0 bridgehead atoms. The van der Waals surface area contributed by atoms with Crippen molar-refractivity contribution in [1.29, 1.82) is 0 Å². The first kappa shape index (κ1) is 35.8. The van der Waals surface area contributed by atoms with Crippen LogP contribution in [0.4, 0.5) is 0 Å². The lowest BCUT2D eigenvalue weighted by Gasteiger charge is -2.38. The van der Waals surface area contributed by atoms with E-state index in [9.17, 15) is 9.59 Å². The summed E-state index contributed by atoms with van der Waals surface area (Å²) in [6.07, 6.45) is 8.48. The first-order valence-electron chi connectivity index (χ1n) is 17.5. The Hall–Kier alpha value is -4.48. The molecular formula is C44H50O5. The van der Waals surface area contributed by atoms with E-state index in [1.165, 1.54) is 52.8 Å². The third kappa shape index (κ3) is 8.96. The van der Waals surface area contributed by atoms with Crippen molar-refractivity contribution in [3.8, 4) is 0 Å². The smallest absolute Gasteiger partial charge is 0.331 e. The van der Waals surface area contributed by atoms with Gasteiger partial charge in [0.25, 0.3) is 0 Å². The largest absolute Gasteiger partial charge is 0.469 e. The highest BCUT2D eigenvalue weighted by Gasteiger charge is 2.38. The van der Waals surface area contributed by atoms with Gasteiger partial charge in [-0.3, -0.25) is 4.79 Å². The minimum atomic E-state index is -0.854. The van der Waals surface area contributed by atoms with Crippen LogP contribution < -0.4 is 0 Å². The van der Waals surface area contributed by atoms with Crippen LogP contribution in [0.5, 0.6) is 0 Å². The van der Waals surface area contributed by atoms with Crippen molar-refractivity contribution in [3.05, 3.63) is 136 Å². The lowest BCUT2D eigenvalue weighted by molar-refractivity contribution is -0.151. The molecule has 0 heterocycles. The second kappa shape index (κ2) is 16.3. The lowest BCUT2D eigenvalue weighted by atomic mass is 9.74. The van der Waals surface area contributed by atoms with Gasteiger partial charge >= 0.3 is 11.9 Å². The molecule has 5 heteroatoms. The molecule has 0 radical (unpaired) electrons. The van der Waals surface area contributed by atoms with Gasteiger partial charge in [0.2, 0.25) is 0 Å². The summed E-state index contributed by atoms with van der Waals surface area (Å²) in [7, 11) is 2.81. The second-order valence-corrected chi connectivity index (χ2v) is 14.1. The average Bonchev–Trinajstić information content (AvgIpc) is 3.09. The van der Waals surface area contributed by atoms with Crippen LogP contribution in [0.2, 0.25) is 0 Å². The predicted molar refractivity (Wildman–Crippen MR) is 198 cm³/mol. The Bertz CT molecular complexity index is 1840. The third-order valence-corrected chi connectivity index (χ3v) is 9.32. The Morgan fingerprint density at radius 2 is 1.49 bits per heavy atom. The highest BCUT2D eigenvalue weighted by Crippen LogP contribution is 2.45. The number of esters is 2.